The molecule has 1 aromatic carbocycles. The van der Waals surface area contributed by atoms with Gasteiger partial charge in [0, 0.05) is 13.0 Å². The van der Waals surface area contributed by atoms with Gasteiger partial charge in [-0.3, -0.25) is 9.59 Å². The minimum absolute atomic E-state index is 0.0614. The van der Waals surface area contributed by atoms with Crippen LogP contribution in [0.5, 0.6) is 0 Å². The maximum Gasteiger partial charge on any atom is 0.308 e. The Kier molecular flexibility index (Phi) is 3.70. The Labute approximate surface area is 124 Å². The van der Waals surface area contributed by atoms with E-state index in [9.17, 15) is 14.7 Å². The van der Waals surface area contributed by atoms with E-state index in [4.69, 9.17) is 0 Å². The number of carbonyl (C=O) groups excluding carboxylic acids is 1. The molecule has 0 bridgehead atoms. The first-order valence-corrected chi connectivity index (χ1v) is 7.74. The molecule has 112 valence electrons. The van der Waals surface area contributed by atoms with Crippen LogP contribution >= 0.6 is 0 Å². The fraction of sp³-hybridized carbons (Fsp3) is 0.529. The van der Waals surface area contributed by atoms with Gasteiger partial charge in [0.2, 0.25) is 5.91 Å². The molecule has 0 spiro atoms. The van der Waals surface area contributed by atoms with Crippen molar-refractivity contribution in [1.82, 2.24) is 4.90 Å². The minimum Gasteiger partial charge on any atom is -0.481 e. The van der Waals surface area contributed by atoms with E-state index in [1.165, 1.54) is 18.4 Å². The smallest absolute Gasteiger partial charge is 0.308 e. The lowest BCUT2D eigenvalue weighted by atomic mass is 9.84. The maximum absolute atomic E-state index is 12.1. The van der Waals surface area contributed by atoms with Crippen LogP contribution in [-0.2, 0) is 9.59 Å². The Morgan fingerprint density at radius 2 is 1.81 bits per heavy atom. The van der Waals surface area contributed by atoms with Crippen molar-refractivity contribution in [2.45, 2.75) is 44.6 Å². The van der Waals surface area contributed by atoms with Gasteiger partial charge in [-0.1, -0.05) is 24.3 Å². The Bertz CT molecular complexity index is 546. The SMILES string of the molecule is CCN1C(=O)CCC(C(=O)O)C1c1ccc(C2CC2)cc1. The summed E-state index contributed by atoms with van der Waals surface area (Å²) in [5, 5.41) is 9.48. The highest BCUT2D eigenvalue weighted by Gasteiger charge is 2.40. The van der Waals surface area contributed by atoms with Gasteiger partial charge >= 0.3 is 5.97 Å². The molecule has 3 rings (SSSR count). The Hall–Kier alpha value is -1.84. The summed E-state index contributed by atoms with van der Waals surface area (Å²) < 4.78 is 0. The molecule has 4 heteroatoms. The third-order valence-corrected chi connectivity index (χ3v) is 4.69. The van der Waals surface area contributed by atoms with Crippen LogP contribution in [0, 0.1) is 5.92 Å². The molecule has 1 saturated carbocycles. The van der Waals surface area contributed by atoms with Gasteiger partial charge in [-0.25, -0.2) is 0 Å². The second-order valence-corrected chi connectivity index (χ2v) is 6.05. The zero-order valence-corrected chi connectivity index (χ0v) is 12.3. The predicted octanol–water partition coefficient (Wildman–Crippen LogP) is 2.95. The van der Waals surface area contributed by atoms with Crippen molar-refractivity contribution in [1.29, 1.82) is 0 Å². The fourth-order valence-electron chi connectivity index (χ4n) is 3.38. The van der Waals surface area contributed by atoms with E-state index in [2.05, 4.69) is 12.1 Å². The van der Waals surface area contributed by atoms with E-state index in [1.54, 1.807) is 4.90 Å². The number of hydrogen-bond acceptors (Lipinski definition) is 2. The topological polar surface area (TPSA) is 57.6 Å². The maximum atomic E-state index is 12.1. The average molecular weight is 287 g/mol. The molecule has 1 amide bonds. The number of carbonyl (C=O) groups is 2. The summed E-state index contributed by atoms with van der Waals surface area (Å²) in [4.78, 5) is 25.4. The van der Waals surface area contributed by atoms with Gasteiger partial charge in [0.05, 0.1) is 12.0 Å². The lowest BCUT2D eigenvalue weighted by Crippen LogP contribution is -2.45. The molecule has 2 fully saturated rings. The quantitative estimate of drug-likeness (QED) is 0.926. The molecule has 2 aliphatic rings. The molecule has 1 aliphatic heterocycles. The number of hydrogen-bond donors (Lipinski definition) is 1. The number of piperidine rings is 1. The molecular weight excluding hydrogens is 266 g/mol. The van der Waals surface area contributed by atoms with Crippen molar-refractivity contribution in [3.8, 4) is 0 Å². The van der Waals surface area contributed by atoms with Gasteiger partial charge in [-0.05, 0) is 43.2 Å². The molecule has 1 aromatic rings. The van der Waals surface area contributed by atoms with E-state index in [-0.39, 0.29) is 11.9 Å². The number of rotatable bonds is 4. The number of benzene rings is 1. The van der Waals surface area contributed by atoms with Crippen molar-refractivity contribution in [2.75, 3.05) is 6.54 Å². The van der Waals surface area contributed by atoms with Gasteiger partial charge in [0.15, 0.2) is 0 Å². The molecule has 1 heterocycles. The molecule has 4 nitrogen and oxygen atoms in total. The average Bonchev–Trinajstić information content (AvgIpc) is 3.31. The van der Waals surface area contributed by atoms with Crippen molar-refractivity contribution < 1.29 is 14.7 Å². The highest BCUT2D eigenvalue weighted by atomic mass is 16.4. The number of amides is 1. The summed E-state index contributed by atoms with van der Waals surface area (Å²) in [5.74, 6) is -0.567. The van der Waals surface area contributed by atoms with Crippen molar-refractivity contribution in [3.05, 3.63) is 35.4 Å². The first-order valence-electron chi connectivity index (χ1n) is 7.74. The van der Waals surface area contributed by atoms with Crippen LogP contribution in [0.3, 0.4) is 0 Å². The Morgan fingerprint density at radius 3 is 2.33 bits per heavy atom. The van der Waals surface area contributed by atoms with Crippen LogP contribution in [0.15, 0.2) is 24.3 Å². The summed E-state index contributed by atoms with van der Waals surface area (Å²) in [6.07, 6.45) is 3.27. The van der Waals surface area contributed by atoms with E-state index < -0.39 is 11.9 Å². The van der Waals surface area contributed by atoms with Gasteiger partial charge < -0.3 is 10.0 Å². The highest BCUT2D eigenvalue weighted by Crippen LogP contribution is 2.41. The van der Waals surface area contributed by atoms with Gasteiger partial charge in [-0.15, -0.1) is 0 Å². The molecule has 2 atom stereocenters. The summed E-state index contributed by atoms with van der Waals surface area (Å²) in [5.41, 5.74) is 2.28. The molecule has 1 saturated heterocycles. The van der Waals surface area contributed by atoms with E-state index >= 15 is 0 Å². The highest BCUT2D eigenvalue weighted by molar-refractivity contribution is 5.81. The number of likely N-dealkylation sites (tertiary alicyclic amines) is 1. The third-order valence-electron chi connectivity index (χ3n) is 4.69. The molecule has 1 N–H and O–H groups in total. The molecule has 2 unspecified atom stereocenters. The van der Waals surface area contributed by atoms with Crippen molar-refractivity contribution >= 4 is 11.9 Å². The third kappa shape index (κ3) is 2.67. The first-order chi connectivity index (χ1) is 10.1. The zero-order chi connectivity index (χ0) is 15.0. The van der Waals surface area contributed by atoms with Crippen LogP contribution in [0.25, 0.3) is 0 Å². The summed E-state index contributed by atoms with van der Waals surface area (Å²) in [6.45, 7) is 2.46. The minimum atomic E-state index is -0.808. The van der Waals surface area contributed by atoms with Crippen LogP contribution < -0.4 is 0 Å². The summed E-state index contributed by atoms with van der Waals surface area (Å²) in [6, 6.07) is 7.88. The van der Waals surface area contributed by atoms with Crippen LogP contribution in [0.4, 0.5) is 0 Å². The lowest BCUT2D eigenvalue weighted by molar-refractivity contribution is -0.151. The Morgan fingerprint density at radius 1 is 1.19 bits per heavy atom. The normalized spacial score (nSPS) is 26.0. The molecule has 0 radical (unpaired) electrons. The van der Waals surface area contributed by atoms with Gasteiger partial charge in [-0.2, -0.15) is 0 Å². The van der Waals surface area contributed by atoms with Crippen LogP contribution in [-0.4, -0.2) is 28.4 Å². The molecular formula is C17H21NO3. The Balaban J connectivity index is 1.92. The first kappa shape index (κ1) is 14.1. The summed E-state index contributed by atoms with van der Waals surface area (Å²) >= 11 is 0. The molecule has 0 aromatic heterocycles. The van der Waals surface area contributed by atoms with E-state index in [0.717, 1.165) is 5.56 Å². The van der Waals surface area contributed by atoms with E-state index in [0.29, 0.717) is 25.3 Å². The lowest BCUT2D eigenvalue weighted by Gasteiger charge is -2.39. The number of nitrogens with zero attached hydrogens (tertiary/aromatic N) is 1. The molecule has 21 heavy (non-hydrogen) atoms. The fourth-order valence-corrected chi connectivity index (χ4v) is 3.38. The van der Waals surface area contributed by atoms with Gasteiger partial charge in [0.25, 0.3) is 0 Å². The van der Waals surface area contributed by atoms with Crippen LogP contribution in [0.1, 0.15) is 55.7 Å². The largest absolute Gasteiger partial charge is 0.481 e. The number of carboxylic acids is 1. The van der Waals surface area contributed by atoms with Crippen molar-refractivity contribution in [3.63, 3.8) is 0 Å². The second-order valence-electron chi connectivity index (χ2n) is 6.05. The molecule has 1 aliphatic carbocycles. The summed E-state index contributed by atoms with van der Waals surface area (Å²) in [7, 11) is 0. The van der Waals surface area contributed by atoms with E-state index in [1.807, 2.05) is 19.1 Å². The van der Waals surface area contributed by atoms with Crippen molar-refractivity contribution in [2.24, 2.45) is 5.92 Å². The monoisotopic (exact) mass is 287 g/mol. The number of carboxylic acid groups (broad SMARTS) is 1. The number of aliphatic carboxylic acids is 1. The van der Waals surface area contributed by atoms with Crippen LogP contribution in [0.2, 0.25) is 0 Å². The second kappa shape index (κ2) is 5.51. The zero-order valence-electron chi connectivity index (χ0n) is 12.3. The predicted molar refractivity (Wildman–Crippen MR) is 78.9 cm³/mol. The standard InChI is InChI=1S/C17H21NO3/c1-2-18-15(19)10-9-14(17(20)21)16(18)13-7-5-12(6-8-13)11-3-4-11/h5-8,11,14,16H,2-4,9-10H2,1H3,(H,20,21). The van der Waals surface area contributed by atoms with Gasteiger partial charge in [0.1, 0.15) is 0 Å².